The van der Waals surface area contributed by atoms with E-state index in [1.54, 1.807) is 24.3 Å². The molecule has 1 atom stereocenters. The number of hydrogen-bond acceptors (Lipinski definition) is 2. The molecule has 0 bridgehead atoms. The van der Waals surface area contributed by atoms with Crippen molar-refractivity contribution in [1.82, 2.24) is 0 Å². The van der Waals surface area contributed by atoms with Gasteiger partial charge in [0.1, 0.15) is 17.7 Å². The number of methoxy groups -OCH3 is 1. The molecular formula is C16H13BrF2O2. The second-order valence-electron chi connectivity index (χ2n) is 4.49. The highest BCUT2D eigenvalue weighted by Crippen LogP contribution is 2.25. The van der Waals surface area contributed by atoms with Crippen LogP contribution in [-0.4, -0.2) is 12.9 Å². The smallest absolute Gasteiger partial charge is 0.170 e. The Morgan fingerprint density at radius 3 is 2.48 bits per heavy atom. The molecule has 0 fully saturated rings. The second-order valence-corrected chi connectivity index (χ2v) is 5.35. The van der Waals surface area contributed by atoms with E-state index in [4.69, 9.17) is 4.74 Å². The highest BCUT2D eigenvalue weighted by Gasteiger charge is 2.23. The number of hydrogen-bond donors (Lipinski definition) is 0. The quantitative estimate of drug-likeness (QED) is 0.751. The summed E-state index contributed by atoms with van der Waals surface area (Å²) in [5.74, 6) is -1.90. The summed E-state index contributed by atoms with van der Waals surface area (Å²) in [7, 11) is 1.39. The Hall–Kier alpha value is -1.59. The van der Waals surface area contributed by atoms with Gasteiger partial charge in [-0.15, -0.1) is 0 Å². The largest absolute Gasteiger partial charge is 0.369 e. The molecule has 2 nitrogen and oxygen atoms in total. The average Bonchev–Trinajstić information content (AvgIpc) is 2.49. The maximum absolute atomic E-state index is 13.9. The van der Waals surface area contributed by atoms with Gasteiger partial charge in [-0.2, -0.15) is 0 Å². The van der Waals surface area contributed by atoms with Gasteiger partial charge in [0, 0.05) is 19.1 Å². The normalized spacial score (nSPS) is 12.2. The van der Waals surface area contributed by atoms with E-state index in [1.165, 1.54) is 13.2 Å². The van der Waals surface area contributed by atoms with Gasteiger partial charge < -0.3 is 4.74 Å². The minimum atomic E-state index is -0.844. The summed E-state index contributed by atoms with van der Waals surface area (Å²) in [6.07, 6.45) is -1.21. The van der Waals surface area contributed by atoms with Crippen LogP contribution in [0.4, 0.5) is 8.78 Å². The van der Waals surface area contributed by atoms with E-state index in [9.17, 15) is 13.6 Å². The van der Waals surface area contributed by atoms with Crippen LogP contribution >= 0.6 is 15.9 Å². The predicted octanol–water partition coefficient (Wildman–Crippen LogP) is 4.23. The molecule has 2 aromatic carbocycles. The van der Waals surface area contributed by atoms with Gasteiger partial charge in [0.25, 0.3) is 0 Å². The van der Waals surface area contributed by atoms with Crippen molar-refractivity contribution in [3.05, 3.63) is 69.7 Å². The third kappa shape index (κ3) is 3.54. The van der Waals surface area contributed by atoms with E-state index < -0.39 is 23.5 Å². The number of carbonyl (C=O) groups excluding carboxylic acids is 1. The topological polar surface area (TPSA) is 26.3 Å². The zero-order valence-electron chi connectivity index (χ0n) is 11.3. The lowest BCUT2D eigenvalue weighted by molar-refractivity contribution is -0.128. The van der Waals surface area contributed by atoms with Crippen molar-refractivity contribution < 1.29 is 18.3 Å². The van der Waals surface area contributed by atoms with Crippen molar-refractivity contribution in [1.29, 1.82) is 0 Å². The Kier molecular flexibility index (Phi) is 5.20. The van der Waals surface area contributed by atoms with Crippen molar-refractivity contribution in [2.75, 3.05) is 7.11 Å². The Morgan fingerprint density at radius 1 is 1.19 bits per heavy atom. The SMILES string of the molecule is COC(C(=O)Cc1c(F)ccc(Br)c1F)c1ccccc1. The molecular weight excluding hydrogens is 342 g/mol. The van der Waals surface area contributed by atoms with E-state index in [0.29, 0.717) is 5.56 Å². The first-order valence-electron chi connectivity index (χ1n) is 6.27. The highest BCUT2D eigenvalue weighted by atomic mass is 79.9. The van der Waals surface area contributed by atoms with Crippen molar-refractivity contribution in [3.8, 4) is 0 Å². The summed E-state index contributed by atoms with van der Waals surface area (Å²) in [6.45, 7) is 0. The first kappa shape index (κ1) is 15.8. The Balaban J connectivity index is 2.27. The summed E-state index contributed by atoms with van der Waals surface area (Å²) in [5, 5.41) is 0. The Labute approximate surface area is 129 Å². The van der Waals surface area contributed by atoms with E-state index in [0.717, 1.165) is 6.07 Å². The number of benzene rings is 2. The van der Waals surface area contributed by atoms with Gasteiger partial charge in [-0.25, -0.2) is 8.78 Å². The molecule has 0 saturated heterocycles. The molecule has 0 aliphatic heterocycles. The molecule has 0 amide bonds. The monoisotopic (exact) mass is 354 g/mol. The molecule has 2 aromatic rings. The minimum Gasteiger partial charge on any atom is -0.369 e. The molecule has 0 saturated carbocycles. The Morgan fingerprint density at radius 2 is 1.86 bits per heavy atom. The molecule has 21 heavy (non-hydrogen) atoms. The number of ether oxygens (including phenoxy) is 1. The van der Waals surface area contributed by atoms with Gasteiger partial charge in [0.15, 0.2) is 5.78 Å². The van der Waals surface area contributed by atoms with Crippen molar-refractivity contribution in [2.45, 2.75) is 12.5 Å². The standard InChI is InChI=1S/C16H13BrF2O2/c1-21-16(10-5-3-2-4-6-10)14(20)9-11-13(18)8-7-12(17)15(11)19/h2-8,16H,9H2,1H3. The molecule has 0 N–H and O–H groups in total. The number of halogens is 3. The first-order chi connectivity index (χ1) is 10.0. The van der Waals surface area contributed by atoms with Crippen molar-refractivity contribution in [3.63, 3.8) is 0 Å². The van der Waals surface area contributed by atoms with Crippen LogP contribution in [0.25, 0.3) is 0 Å². The third-order valence-corrected chi connectivity index (χ3v) is 3.73. The van der Waals surface area contributed by atoms with Crippen LogP contribution in [0.2, 0.25) is 0 Å². The van der Waals surface area contributed by atoms with E-state index in [-0.39, 0.29) is 16.5 Å². The number of Topliss-reactive ketones (excluding diaryl/α,β-unsaturated/α-hetero) is 1. The molecule has 1 unspecified atom stereocenters. The summed E-state index contributed by atoms with van der Waals surface area (Å²) in [5.41, 5.74) is 0.396. The second kappa shape index (κ2) is 6.91. The lowest BCUT2D eigenvalue weighted by Crippen LogP contribution is -2.18. The first-order valence-corrected chi connectivity index (χ1v) is 7.06. The van der Waals surface area contributed by atoms with Crippen LogP contribution in [0, 0.1) is 11.6 Å². The van der Waals surface area contributed by atoms with Crippen LogP contribution in [0.1, 0.15) is 17.2 Å². The molecule has 0 aromatic heterocycles. The van der Waals surface area contributed by atoms with Gasteiger partial charge in [0.2, 0.25) is 0 Å². The van der Waals surface area contributed by atoms with Crippen LogP contribution in [0.15, 0.2) is 46.9 Å². The molecule has 0 aliphatic rings. The van der Waals surface area contributed by atoms with Gasteiger partial charge in [-0.05, 0) is 33.6 Å². The maximum Gasteiger partial charge on any atom is 0.170 e. The fourth-order valence-corrected chi connectivity index (χ4v) is 2.45. The molecule has 2 rings (SSSR count). The fourth-order valence-electron chi connectivity index (χ4n) is 2.08. The number of rotatable bonds is 5. The molecule has 0 spiro atoms. The Bertz CT molecular complexity index is 644. The molecule has 0 radical (unpaired) electrons. The summed E-state index contributed by atoms with van der Waals surface area (Å²) >= 11 is 2.98. The zero-order chi connectivity index (χ0) is 15.4. The molecule has 5 heteroatoms. The number of ketones is 1. The zero-order valence-corrected chi connectivity index (χ0v) is 12.9. The molecule has 110 valence electrons. The maximum atomic E-state index is 13.9. The van der Waals surface area contributed by atoms with Crippen LogP contribution in [0.5, 0.6) is 0 Å². The van der Waals surface area contributed by atoms with Crippen LogP contribution < -0.4 is 0 Å². The summed E-state index contributed by atoms with van der Waals surface area (Å²) in [6, 6.07) is 11.2. The predicted molar refractivity (Wildman–Crippen MR) is 79.0 cm³/mol. The minimum absolute atomic E-state index is 0.125. The van der Waals surface area contributed by atoms with Gasteiger partial charge in [0.05, 0.1) is 4.47 Å². The lowest BCUT2D eigenvalue weighted by Gasteiger charge is -2.15. The summed E-state index contributed by atoms with van der Waals surface area (Å²) in [4.78, 5) is 12.3. The van der Waals surface area contributed by atoms with Gasteiger partial charge in [-0.1, -0.05) is 30.3 Å². The highest BCUT2D eigenvalue weighted by molar-refractivity contribution is 9.10. The van der Waals surface area contributed by atoms with Crippen molar-refractivity contribution >= 4 is 21.7 Å². The van der Waals surface area contributed by atoms with Gasteiger partial charge >= 0.3 is 0 Å². The third-order valence-electron chi connectivity index (χ3n) is 3.12. The van der Waals surface area contributed by atoms with E-state index in [2.05, 4.69) is 15.9 Å². The number of carbonyl (C=O) groups is 1. The van der Waals surface area contributed by atoms with E-state index >= 15 is 0 Å². The van der Waals surface area contributed by atoms with Crippen molar-refractivity contribution in [2.24, 2.45) is 0 Å². The molecule has 0 heterocycles. The lowest BCUT2D eigenvalue weighted by atomic mass is 9.99. The van der Waals surface area contributed by atoms with Crippen LogP contribution in [0.3, 0.4) is 0 Å². The van der Waals surface area contributed by atoms with Crippen LogP contribution in [-0.2, 0) is 16.0 Å². The molecule has 0 aliphatic carbocycles. The average molecular weight is 355 g/mol. The fraction of sp³-hybridized carbons (Fsp3) is 0.188. The van der Waals surface area contributed by atoms with Gasteiger partial charge in [-0.3, -0.25) is 4.79 Å². The summed E-state index contributed by atoms with van der Waals surface area (Å²) < 4.78 is 32.9. The van der Waals surface area contributed by atoms with E-state index in [1.807, 2.05) is 6.07 Å².